The molecule has 0 aliphatic heterocycles. The van der Waals surface area contributed by atoms with Crippen molar-refractivity contribution < 1.29 is 14.5 Å². The summed E-state index contributed by atoms with van der Waals surface area (Å²) in [5.74, 6) is -1.08. The number of nitrogens with one attached hydrogen (secondary N) is 2. The van der Waals surface area contributed by atoms with Gasteiger partial charge in [0.05, 0.1) is 21.5 Å². The number of para-hydroxylation sites is 2. The highest BCUT2D eigenvalue weighted by atomic mass is 16.6. The summed E-state index contributed by atoms with van der Waals surface area (Å²) in [6.07, 6.45) is 0. The lowest BCUT2D eigenvalue weighted by Crippen LogP contribution is -2.21. The van der Waals surface area contributed by atoms with Gasteiger partial charge in [0, 0.05) is 24.7 Å². The number of carbonyl (C=O) groups excluding carboxylic acids is 2. The number of hydrogen-bond donors (Lipinski definition) is 2. The molecule has 0 fully saturated rings. The maximum atomic E-state index is 12.7. The SMILES string of the molecule is CNC(=O)c1ccc([N+](=O)[O-])cc1C(=O)c1nc2ccccc2[nH]1. The number of nitro groups is 1. The fraction of sp³-hybridized carbons (Fsp3) is 0.0625. The predicted molar refractivity (Wildman–Crippen MR) is 86.0 cm³/mol. The molecule has 1 aromatic heterocycles. The van der Waals surface area contributed by atoms with E-state index in [1.165, 1.54) is 19.2 Å². The molecular weight excluding hydrogens is 312 g/mol. The monoisotopic (exact) mass is 324 g/mol. The van der Waals surface area contributed by atoms with E-state index in [0.717, 1.165) is 6.07 Å². The van der Waals surface area contributed by atoms with Crippen LogP contribution in [0.15, 0.2) is 42.5 Å². The zero-order chi connectivity index (χ0) is 17.3. The first-order valence-corrected chi connectivity index (χ1v) is 7.01. The van der Waals surface area contributed by atoms with Gasteiger partial charge in [-0.3, -0.25) is 19.7 Å². The summed E-state index contributed by atoms with van der Waals surface area (Å²) in [6.45, 7) is 0. The number of non-ortho nitro benzene ring substituents is 1. The molecule has 0 unspecified atom stereocenters. The lowest BCUT2D eigenvalue weighted by molar-refractivity contribution is -0.384. The van der Waals surface area contributed by atoms with Gasteiger partial charge in [-0.15, -0.1) is 0 Å². The molecule has 0 saturated carbocycles. The molecule has 3 rings (SSSR count). The molecule has 0 saturated heterocycles. The average molecular weight is 324 g/mol. The Hall–Kier alpha value is -3.55. The van der Waals surface area contributed by atoms with Crippen LogP contribution >= 0.6 is 0 Å². The number of ketones is 1. The highest BCUT2D eigenvalue weighted by Crippen LogP contribution is 2.21. The molecule has 8 heteroatoms. The Kier molecular flexibility index (Phi) is 3.78. The van der Waals surface area contributed by atoms with E-state index >= 15 is 0 Å². The second-order valence-corrected chi connectivity index (χ2v) is 5.00. The second kappa shape index (κ2) is 5.92. The van der Waals surface area contributed by atoms with E-state index in [-0.39, 0.29) is 22.6 Å². The number of benzene rings is 2. The lowest BCUT2D eigenvalue weighted by atomic mass is 10.0. The molecule has 120 valence electrons. The van der Waals surface area contributed by atoms with Crippen LogP contribution in [0, 0.1) is 10.1 Å². The van der Waals surface area contributed by atoms with Crippen LogP contribution in [0.3, 0.4) is 0 Å². The van der Waals surface area contributed by atoms with E-state index in [1.807, 2.05) is 0 Å². The van der Waals surface area contributed by atoms with Crippen LogP contribution in [0.5, 0.6) is 0 Å². The predicted octanol–water partition coefficient (Wildman–Crippen LogP) is 2.06. The molecule has 1 heterocycles. The number of aromatic nitrogens is 2. The zero-order valence-corrected chi connectivity index (χ0v) is 12.6. The molecule has 1 amide bonds. The van der Waals surface area contributed by atoms with E-state index in [9.17, 15) is 19.7 Å². The van der Waals surface area contributed by atoms with Crippen LogP contribution < -0.4 is 5.32 Å². The van der Waals surface area contributed by atoms with Crippen molar-refractivity contribution in [2.75, 3.05) is 7.05 Å². The molecule has 3 aromatic rings. The second-order valence-electron chi connectivity index (χ2n) is 5.00. The molecule has 0 aliphatic carbocycles. The van der Waals surface area contributed by atoms with E-state index in [0.29, 0.717) is 11.0 Å². The first kappa shape index (κ1) is 15.3. The number of fused-ring (bicyclic) bond motifs is 1. The number of carbonyl (C=O) groups is 2. The van der Waals surface area contributed by atoms with Gasteiger partial charge < -0.3 is 10.3 Å². The fourth-order valence-electron chi connectivity index (χ4n) is 2.35. The molecule has 0 bridgehead atoms. The molecule has 24 heavy (non-hydrogen) atoms. The smallest absolute Gasteiger partial charge is 0.270 e. The van der Waals surface area contributed by atoms with Crippen molar-refractivity contribution in [1.82, 2.24) is 15.3 Å². The summed E-state index contributed by atoms with van der Waals surface area (Å²) in [5.41, 5.74) is 0.943. The number of hydrogen-bond acceptors (Lipinski definition) is 5. The Balaban J connectivity index is 2.14. The van der Waals surface area contributed by atoms with Crippen molar-refractivity contribution in [3.63, 3.8) is 0 Å². The van der Waals surface area contributed by atoms with Crippen LogP contribution in [-0.4, -0.2) is 33.6 Å². The van der Waals surface area contributed by atoms with Gasteiger partial charge in [0.15, 0.2) is 5.82 Å². The number of amides is 1. The van der Waals surface area contributed by atoms with Crippen LogP contribution in [0.25, 0.3) is 11.0 Å². The van der Waals surface area contributed by atoms with Crippen molar-refractivity contribution in [2.24, 2.45) is 0 Å². The third kappa shape index (κ3) is 2.60. The minimum atomic E-state index is -0.622. The van der Waals surface area contributed by atoms with Gasteiger partial charge in [-0.1, -0.05) is 12.1 Å². The van der Waals surface area contributed by atoms with E-state index in [2.05, 4.69) is 15.3 Å². The van der Waals surface area contributed by atoms with E-state index < -0.39 is 16.6 Å². The molecule has 0 radical (unpaired) electrons. The Morgan fingerprint density at radius 2 is 1.92 bits per heavy atom. The lowest BCUT2D eigenvalue weighted by Gasteiger charge is -2.06. The molecule has 0 spiro atoms. The van der Waals surface area contributed by atoms with E-state index in [1.54, 1.807) is 24.3 Å². The minimum Gasteiger partial charge on any atom is -0.355 e. The van der Waals surface area contributed by atoms with Gasteiger partial charge >= 0.3 is 0 Å². The summed E-state index contributed by atoms with van der Waals surface area (Å²) in [7, 11) is 1.42. The number of imidazole rings is 1. The average Bonchev–Trinajstić information content (AvgIpc) is 3.03. The van der Waals surface area contributed by atoms with Crippen molar-refractivity contribution >= 4 is 28.4 Å². The minimum absolute atomic E-state index is 0.0156. The van der Waals surface area contributed by atoms with Gasteiger partial charge in [0.2, 0.25) is 5.78 Å². The normalized spacial score (nSPS) is 10.5. The maximum Gasteiger partial charge on any atom is 0.270 e. The van der Waals surface area contributed by atoms with Crippen LogP contribution in [0.1, 0.15) is 26.5 Å². The van der Waals surface area contributed by atoms with Gasteiger partial charge in [0.1, 0.15) is 0 Å². The third-order valence-corrected chi connectivity index (χ3v) is 3.53. The Morgan fingerprint density at radius 3 is 2.58 bits per heavy atom. The maximum absolute atomic E-state index is 12.7. The largest absolute Gasteiger partial charge is 0.355 e. The first-order valence-electron chi connectivity index (χ1n) is 7.01. The number of nitro benzene ring substituents is 1. The van der Waals surface area contributed by atoms with Crippen molar-refractivity contribution in [2.45, 2.75) is 0 Å². The molecular formula is C16H12N4O4. The summed E-state index contributed by atoms with van der Waals surface area (Å²) in [6, 6.07) is 10.6. The zero-order valence-electron chi connectivity index (χ0n) is 12.6. The van der Waals surface area contributed by atoms with Crippen molar-refractivity contribution in [3.05, 3.63) is 69.5 Å². The topological polar surface area (TPSA) is 118 Å². The number of rotatable bonds is 4. The van der Waals surface area contributed by atoms with Gasteiger partial charge in [-0.25, -0.2) is 4.98 Å². The number of nitrogens with zero attached hydrogens (tertiary/aromatic N) is 2. The van der Waals surface area contributed by atoms with Gasteiger partial charge in [-0.2, -0.15) is 0 Å². The van der Waals surface area contributed by atoms with Gasteiger partial charge in [0.25, 0.3) is 11.6 Å². The third-order valence-electron chi connectivity index (χ3n) is 3.53. The highest BCUT2D eigenvalue weighted by molar-refractivity contribution is 6.14. The summed E-state index contributed by atoms with van der Waals surface area (Å²) < 4.78 is 0. The Morgan fingerprint density at radius 1 is 1.17 bits per heavy atom. The van der Waals surface area contributed by atoms with Crippen LogP contribution in [0.4, 0.5) is 5.69 Å². The standard InChI is InChI=1S/C16H12N4O4/c1-17-16(22)10-7-6-9(20(23)24)8-11(10)14(21)15-18-12-4-2-3-5-13(12)19-15/h2-8H,1H3,(H,17,22)(H,18,19). The Bertz CT molecular complexity index is 944. The molecule has 2 N–H and O–H groups in total. The quantitative estimate of drug-likeness (QED) is 0.432. The number of aromatic amines is 1. The van der Waals surface area contributed by atoms with Crippen molar-refractivity contribution in [1.29, 1.82) is 0 Å². The number of H-pyrrole nitrogens is 1. The van der Waals surface area contributed by atoms with Crippen LogP contribution in [-0.2, 0) is 0 Å². The first-order chi connectivity index (χ1) is 11.5. The van der Waals surface area contributed by atoms with Crippen LogP contribution in [0.2, 0.25) is 0 Å². The Labute approximate surface area is 135 Å². The summed E-state index contributed by atoms with van der Waals surface area (Å²) >= 11 is 0. The van der Waals surface area contributed by atoms with Crippen molar-refractivity contribution in [3.8, 4) is 0 Å². The van der Waals surface area contributed by atoms with Gasteiger partial charge in [-0.05, 0) is 18.2 Å². The van der Waals surface area contributed by atoms with E-state index in [4.69, 9.17) is 0 Å². The molecule has 8 nitrogen and oxygen atoms in total. The molecule has 0 aliphatic rings. The molecule has 2 aromatic carbocycles. The fourth-order valence-corrected chi connectivity index (χ4v) is 2.35. The summed E-state index contributed by atoms with van der Waals surface area (Å²) in [4.78, 5) is 42.1. The summed E-state index contributed by atoms with van der Waals surface area (Å²) in [5, 5.41) is 13.4. The molecule has 0 atom stereocenters. The highest BCUT2D eigenvalue weighted by Gasteiger charge is 2.23.